The zero-order chi connectivity index (χ0) is 29.5. The number of aromatic nitrogens is 5. The number of alkyl halides is 6. The molecule has 11 nitrogen and oxygen atoms in total. The Hall–Kier alpha value is -4.57. The Bertz CT molecular complexity index is 1290. The van der Waals surface area contributed by atoms with E-state index in [1.807, 2.05) is 36.9 Å². The van der Waals surface area contributed by atoms with E-state index in [2.05, 4.69) is 24.9 Å². The van der Waals surface area contributed by atoms with Crippen LogP contribution in [0.2, 0.25) is 0 Å². The highest BCUT2D eigenvalue weighted by atomic mass is 19.4. The van der Waals surface area contributed by atoms with E-state index in [9.17, 15) is 31.1 Å². The van der Waals surface area contributed by atoms with E-state index in [-0.39, 0.29) is 11.9 Å². The number of rotatable bonds is 2. The molecule has 39 heavy (non-hydrogen) atoms. The number of aryl methyl sites for hydroxylation is 2. The Morgan fingerprint density at radius 1 is 0.974 bits per heavy atom. The molecule has 3 N–H and O–H groups in total. The minimum atomic E-state index is -5.08. The lowest BCUT2D eigenvalue weighted by molar-refractivity contribution is -0.193. The summed E-state index contributed by atoms with van der Waals surface area (Å²) >= 11 is 0. The number of hydrogen-bond donors (Lipinski definition) is 3. The summed E-state index contributed by atoms with van der Waals surface area (Å²) in [6.07, 6.45) is -4.42. The van der Waals surface area contributed by atoms with Crippen LogP contribution in [0.25, 0.3) is 0 Å². The van der Waals surface area contributed by atoms with Crippen molar-refractivity contribution in [3.63, 3.8) is 0 Å². The van der Waals surface area contributed by atoms with Crippen LogP contribution in [0.3, 0.4) is 0 Å². The topological polar surface area (TPSA) is 162 Å². The van der Waals surface area contributed by atoms with E-state index in [0.29, 0.717) is 23.6 Å². The third kappa shape index (κ3) is 8.21. The van der Waals surface area contributed by atoms with Gasteiger partial charge in [0.2, 0.25) is 0 Å². The van der Waals surface area contributed by atoms with E-state index in [4.69, 9.17) is 19.8 Å². The molecule has 210 valence electrons. The quantitative estimate of drug-likeness (QED) is 0.398. The Labute approximate surface area is 215 Å². The predicted octanol–water partition coefficient (Wildman–Crippen LogP) is 3.27. The Morgan fingerprint density at radius 3 is 2.05 bits per heavy atom. The molecule has 0 saturated carbocycles. The van der Waals surface area contributed by atoms with Gasteiger partial charge in [-0.05, 0) is 26.0 Å². The van der Waals surface area contributed by atoms with Crippen LogP contribution in [-0.4, -0.2) is 76.8 Å². The molecule has 1 atom stereocenters. The number of halogens is 6. The summed E-state index contributed by atoms with van der Waals surface area (Å²) in [7, 11) is 0. The molecule has 4 heterocycles. The first-order valence-corrected chi connectivity index (χ1v) is 10.7. The van der Waals surface area contributed by atoms with Gasteiger partial charge < -0.3 is 20.1 Å². The van der Waals surface area contributed by atoms with Crippen LogP contribution < -0.4 is 0 Å². The van der Waals surface area contributed by atoms with Gasteiger partial charge in [-0.15, -0.1) is 0 Å². The number of aromatic amines is 1. The molecule has 4 rings (SSSR count). The first kappa shape index (κ1) is 30.7. The van der Waals surface area contributed by atoms with Crippen LogP contribution in [0.5, 0.6) is 0 Å². The molecule has 3 aromatic heterocycles. The number of amides is 1. The normalized spacial score (nSPS) is 14.7. The predicted molar refractivity (Wildman–Crippen MR) is 118 cm³/mol. The van der Waals surface area contributed by atoms with E-state index in [1.54, 1.807) is 18.7 Å². The summed E-state index contributed by atoms with van der Waals surface area (Å²) in [6, 6.07) is 5.39. The average molecular weight is 562 g/mol. The fourth-order valence-corrected chi connectivity index (χ4v) is 3.28. The largest absolute Gasteiger partial charge is 0.490 e. The summed E-state index contributed by atoms with van der Waals surface area (Å²) in [5.41, 5.74) is 3.91. The minimum Gasteiger partial charge on any atom is -0.475 e. The minimum absolute atomic E-state index is 0.0956. The number of nitrogens with one attached hydrogen (secondary N) is 1. The molecule has 0 radical (unpaired) electrons. The van der Waals surface area contributed by atoms with Crippen molar-refractivity contribution < 1.29 is 50.9 Å². The van der Waals surface area contributed by atoms with Crippen molar-refractivity contribution in [1.82, 2.24) is 29.8 Å². The molecule has 0 aliphatic carbocycles. The molecular weight excluding hydrogens is 542 g/mol. The van der Waals surface area contributed by atoms with Crippen molar-refractivity contribution in [1.29, 1.82) is 0 Å². The Morgan fingerprint density at radius 2 is 1.56 bits per heavy atom. The third-order valence-corrected chi connectivity index (χ3v) is 4.97. The Kier molecular flexibility index (Phi) is 9.68. The standard InChI is InChI=1S/C18H18N6O.2C2HF3O2/c1-11-13(9-20-12(2)23-11)18(25)24-8-6-14-16(22-10-21-14)17(24)15-5-3-4-7-19-15;2*3-2(4,5)1(6)7/h3-5,7,9-10,17H,6,8H2,1-2H3,(H,21,22);2*(H,6,7). The number of carbonyl (C=O) groups is 3. The number of aliphatic carboxylic acids is 2. The second-order valence-electron chi connectivity index (χ2n) is 7.69. The third-order valence-electron chi connectivity index (χ3n) is 4.97. The van der Waals surface area contributed by atoms with Gasteiger partial charge in [-0.3, -0.25) is 9.78 Å². The maximum Gasteiger partial charge on any atom is 0.490 e. The fraction of sp³-hybridized carbons (Fsp3) is 0.318. The van der Waals surface area contributed by atoms with Gasteiger partial charge in [0.25, 0.3) is 5.91 Å². The zero-order valence-electron chi connectivity index (χ0n) is 20.1. The number of carbonyl (C=O) groups excluding carboxylic acids is 1. The van der Waals surface area contributed by atoms with Crippen LogP contribution in [-0.2, 0) is 16.0 Å². The van der Waals surface area contributed by atoms with Gasteiger partial charge in [-0.1, -0.05) is 6.07 Å². The van der Waals surface area contributed by atoms with E-state index < -0.39 is 24.3 Å². The molecule has 0 spiro atoms. The number of H-pyrrole nitrogens is 1. The van der Waals surface area contributed by atoms with E-state index >= 15 is 0 Å². The molecule has 0 bridgehead atoms. The van der Waals surface area contributed by atoms with Crippen molar-refractivity contribution in [3.8, 4) is 0 Å². The fourth-order valence-electron chi connectivity index (χ4n) is 3.28. The van der Waals surface area contributed by atoms with Crippen molar-refractivity contribution in [2.24, 2.45) is 0 Å². The van der Waals surface area contributed by atoms with Crippen LogP contribution in [0.15, 0.2) is 36.9 Å². The number of nitrogens with zero attached hydrogens (tertiary/aromatic N) is 5. The summed E-state index contributed by atoms with van der Waals surface area (Å²) in [4.78, 5) is 53.4. The number of pyridine rings is 1. The Balaban J connectivity index is 0.000000317. The molecule has 1 aliphatic heterocycles. The smallest absolute Gasteiger partial charge is 0.475 e. The lowest BCUT2D eigenvalue weighted by Gasteiger charge is -2.34. The lowest BCUT2D eigenvalue weighted by Crippen LogP contribution is -2.41. The summed E-state index contributed by atoms with van der Waals surface area (Å²) in [5.74, 6) is -4.95. The second-order valence-corrected chi connectivity index (χ2v) is 7.69. The maximum atomic E-state index is 13.2. The second kappa shape index (κ2) is 12.3. The van der Waals surface area contributed by atoms with Crippen molar-refractivity contribution in [3.05, 3.63) is 71.1 Å². The monoisotopic (exact) mass is 562 g/mol. The molecule has 1 amide bonds. The summed E-state index contributed by atoms with van der Waals surface area (Å²) in [6.45, 7) is 4.24. The molecule has 0 aromatic carbocycles. The van der Waals surface area contributed by atoms with Crippen LogP contribution in [0, 0.1) is 13.8 Å². The average Bonchev–Trinajstić information content (AvgIpc) is 3.32. The highest BCUT2D eigenvalue weighted by Crippen LogP contribution is 2.33. The zero-order valence-corrected chi connectivity index (χ0v) is 20.1. The van der Waals surface area contributed by atoms with E-state index in [1.165, 1.54) is 0 Å². The maximum absolute atomic E-state index is 13.2. The lowest BCUT2D eigenvalue weighted by atomic mass is 9.98. The molecular formula is C22H20F6N6O5. The van der Waals surface area contributed by atoms with E-state index in [0.717, 1.165) is 23.5 Å². The highest BCUT2D eigenvalue weighted by Gasteiger charge is 2.39. The van der Waals surface area contributed by atoms with Crippen LogP contribution >= 0.6 is 0 Å². The molecule has 0 fully saturated rings. The number of imidazole rings is 1. The van der Waals surface area contributed by atoms with Gasteiger partial charge in [-0.25, -0.2) is 24.5 Å². The van der Waals surface area contributed by atoms with Gasteiger partial charge in [0.1, 0.15) is 11.9 Å². The molecule has 17 heteroatoms. The van der Waals surface area contributed by atoms with Crippen LogP contribution in [0.4, 0.5) is 26.3 Å². The molecule has 0 saturated heterocycles. The highest BCUT2D eigenvalue weighted by molar-refractivity contribution is 5.95. The van der Waals surface area contributed by atoms with Crippen molar-refractivity contribution in [2.75, 3.05) is 6.54 Å². The van der Waals surface area contributed by atoms with Gasteiger partial charge in [0, 0.05) is 31.1 Å². The number of carboxylic acid groups (broad SMARTS) is 2. The van der Waals surface area contributed by atoms with Crippen molar-refractivity contribution in [2.45, 2.75) is 38.7 Å². The number of carboxylic acids is 2. The first-order chi connectivity index (χ1) is 18.0. The van der Waals surface area contributed by atoms with Crippen LogP contribution in [0.1, 0.15) is 45.0 Å². The first-order valence-electron chi connectivity index (χ1n) is 10.7. The molecule has 3 aromatic rings. The SMILES string of the molecule is Cc1ncc(C(=O)N2CCc3[nH]cnc3C2c2ccccn2)c(C)n1.O=C(O)C(F)(F)F.O=C(O)C(F)(F)F. The summed E-state index contributed by atoms with van der Waals surface area (Å²) in [5, 5.41) is 14.2. The van der Waals surface area contributed by atoms with Crippen molar-refractivity contribution >= 4 is 17.8 Å². The van der Waals surface area contributed by atoms with Gasteiger partial charge in [-0.2, -0.15) is 26.3 Å². The van der Waals surface area contributed by atoms with Gasteiger partial charge >= 0.3 is 24.3 Å². The number of hydrogen-bond acceptors (Lipinski definition) is 7. The van der Waals surface area contributed by atoms with Gasteiger partial charge in [0.05, 0.1) is 29.0 Å². The number of fused-ring (bicyclic) bond motifs is 1. The molecule has 1 aliphatic rings. The van der Waals surface area contributed by atoms with Gasteiger partial charge in [0.15, 0.2) is 0 Å². The molecule has 1 unspecified atom stereocenters. The summed E-state index contributed by atoms with van der Waals surface area (Å²) < 4.78 is 63.5.